The lowest BCUT2D eigenvalue weighted by atomic mass is 10.1. The molecule has 13 heavy (non-hydrogen) atoms. The van der Waals surface area contributed by atoms with E-state index in [1.807, 2.05) is 38.1 Å². The van der Waals surface area contributed by atoms with Crippen LogP contribution >= 0.6 is 12.2 Å². The monoisotopic (exact) mass is 200 g/mol. The summed E-state index contributed by atoms with van der Waals surface area (Å²) in [6, 6.07) is 7.97. The number of rotatable bonds is 2. The third kappa shape index (κ3) is 3.11. The number of benzene rings is 1. The van der Waals surface area contributed by atoms with E-state index in [0.717, 1.165) is 11.1 Å². The van der Waals surface area contributed by atoms with E-state index in [1.165, 1.54) is 0 Å². The van der Waals surface area contributed by atoms with Gasteiger partial charge >= 0.3 is 0 Å². The van der Waals surface area contributed by atoms with Crippen LogP contribution in [0.25, 0.3) is 0 Å². The molecule has 0 radical (unpaired) electrons. The predicted molar refractivity (Wildman–Crippen MR) is 57.0 cm³/mol. The normalized spacial score (nSPS) is 8.77. The molecule has 0 amide bonds. The van der Waals surface area contributed by atoms with E-state index in [4.69, 9.17) is 17.0 Å². The van der Waals surface area contributed by atoms with Gasteiger partial charge in [-0.15, -0.1) is 0 Å². The van der Waals surface area contributed by atoms with Crippen molar-refractivity contribution in [2.75, 3.05) is 6.61 Å². The van der Waals surface area contributed by atoms with Crippen LogP contribution in [-0.2, 0) is 4.74 Å². The van der Waals surface area contributed by atoms with Crippen LogP contribution in [0.1, 0.15) is 18.1 Å². The van der Waals surface area contributed by atoms with E-state index in [0.29, 0.717) is 11.7 Å². The van der Waals surface area contributed by atoms with E-state index >= 15 is 0 Å². The molecular weight excluding hydrogens is 187 g/mol. The lowest BCUT2D eigenvalue weighted by Crippen LogP contribution is -2.04. The fourth-order valence-corrected chi connectivity index (χ4v) is 1.36. The molecule has 0 atom stereocenters. The van der Waals surface area contributed by atoms with Crippen LogP contribution in [0.5, 0.6) is 0 Å². The summed E-state index contributed by atoms with van der Waals surface area (Å²) in [4.78, 5) is 0. The third-order valence-corrected chi connectivity index (χ3v) is 1.98. The van der Waals surface area contributed by atoms with Crippen LogP contribution in [0.2, 0.25) is 0 Å². The Morgan fingerprint density at radius 2 is 2.00 bits per heavy atom. The zero-order valence-electron chi connectivity index (χ0n) is 7.74. The van der Waals surface area contributed by atoms with E-state index < -0.39 is 0 Å². The second-order valence-corrected chi connectivity index (χ2v) is 2.91. The highest BCUT2D eigenvalue weighted by atomic mass is 32.1. The topological polar surface area (TPSA) is 9.23 Å². The van der Waals surface area contributed by atoms with Crippen LogP contribution in [0.15, 0.2) is 24.3 Å². The van der Waals surface area contributed by atoms with E-state index in [9.17, 15) is 0 Å². The van der Waals surface area contributed by atoms with E-state index in [-0.39, 0.29) is 4.70 Å². The molecule has 1 aromatic carbocycles. The second-order valence-electron chi connectivity index (χ2n) is 2.54. The smallest absolute Gasteiger partial charge is 0.191 e. The van der Waals surface area contributed by atoms with Gasteiger partial charge in [0.05, 0.1) is 6.61 Å². The second kappa shape index (κ2) is 5.65. The van der Waals surface area contributed by atoms with Crippen molar-refractivity contribution in [2.45, 2.75) is 13.8 Å². The molecule has 3 heteroatoms. The molecule has 1 rings (SSSR count). The van der Waals surface area contributed by atoms with Crippen LogP contribution in [0.3, 0.4) is 0 Å². The fraction of sp³-hybridized carbons (Fsp3) is 0.300. The lowest BCUT2D eigenvalue weighted by molar-refractivity contribution is 0.337. The van der Waals surface area contributed by atoms with Gasteiger partial charge in [-0.2, -0.15) is 0 Å². The quantitative estimate of drug-likeness (QED) is 0.679. The minimum atomic E-state index is 0. The van der Waals surface area contributed by atoms with E-state index in [2.05, 4.69) is 0 Å². The molecule has 0 aliphatic carbocycles. The highest BCUT2D eigenvalue weighted by Gasteiger charge is 2.02. The van der Waals surface area contributed by atoms with Crippen molar-refractivity contribution in [1.29, 1.82) is 0 Å². The maximum atomic E-state index is 5.24. The lowest BCUT2D eigenvalue weighted by Gasteiger charge is -2.06. The molecule has 0 N–H and O–H groups in total. The zero-order chi connectivity index (χ0) is 8.97. The summed E-state index contributed by atoms with van der Waals surface area (Å²) >= 11 is 5.08. The van der Waals surface area contributed by atoms with Crippen LogP contribution in [0.4, 0.5) is 4.70 Å². The average molecular weight is 200 g/mol. The summed E-state index contributed by atoms with van der Waals surface area (Å²) in [6.45, 7) is 4.60. The van der Waals surface area contributed by atoms with Crippen molar-refractivity contribution in [3.8, 4) is 0 Å². The SMILES string of the molecule is CCOC(=S)c1ccccc1C.F. The first-order chi connectivity index (χ1) is 5.75. The maximum absolute atomic E-state index is 5.24. The Balaban J connectivity index is 0.00000144. The summed E-state index contributed by atoms with van der Waals surface area (Å²) < 4.78 is 5.24. The van der Waals surface area contributed by atoms with Gasteiger partial charge < -0.3 is 4.74 Å². The van der Waals surface area contributed by atoms with Gasteiger partial charge in [0.15, 0.2) is 5.05 Å². The molecule has 0 aliphatic rings. The first-order valence-electron chi connectivity index (χ1n) is 3.98. The van der Waals surface area contributed by atoms with Gasteiger partial charge in [0.1, 0.15) is 0 Å². The van der Waals surface area contributed by atoms with Crippen LogP contribution < -0.4 is 0 Å². The third-order valence-electron chi connectivity index (χ3n) is 1.64. The van der Waals surface area contributed by atoms with Crippen molar-refractivity contribution >= 4 is 17.3 Å². The van der Waals surface area contributed by atoms with E-state index in [1.54, 1.807) is 0 Å². The Kier molecular flexibility index (Phi) is 5.23. The molecular formula is C10H13FOS. The molecule has 0 aliphatic heterocycles. The number of thiocarbonyl (C=S) groups is 1. The molecule has 72 valence electrons. The number of halogens is 1. The molecule has 0 spiro atoms. The largest absolute Gasteiger partial charge is 0.483 e. The van der Waals surface area contributed by atoms with Crippen LogP contribution in [-0.4, -0.2) is 11.7 Å². The minimum Gasteiger partial charge on any atom is -0.483 e. The number of hydrogen-bond acceptors (Lipinski definition) is 2. The standard InChI is InChI=1S/C10H12OS.FH/c1-3-11-10(12)9-7-5-4-6-8(9)2;/h4-7H,3H2,1-2H3;1H. The van der Waals surface area contributed by atoms with Gasteiger partial charge in [-0.25, -0.2) is 0 Å². The number of hydrogen-bond donors (Lipinski definition) is 0. The zero-order valence-corrected chi connectivity index (χ0v) is 8.56. The van der Waals surface area contributed by atoms with Crippen molar-refractivity contribution in [3.05, 3.63) is 35.4 Å². The molecule has 0 bridgehead atoms. The Hall–Kier alpha value is -0.960. The molecule has 0 aromatic heterocycles. The molecule has 1 aromatic rings. The molecule has 0 fully saturated rings. The first kappa shape index (κ1) is 12.0. The van der Waals surface area contributed by atoms with Gasteiger partial charge in [-0.1, -0.05) is 24.3 Å². The maximum Gasteiger partial charge on any atom is 0.191 e. The van der Waals surface area contributed by atoms with Gasteiger partial charge in [-0.05, 0) is 31.6 Å². The molecule has 0 unspecified atom stereocenters. The highest BCUT2D eigenvalue weighted by molar-refractivity contribution is 7.80. The van der Waals surface area contributed by atoms with Crippen molar-refractivity contribution < 1.29 is 9.44 Å². The summed E-state index contributed by atoms with van der Waals surface area (Å²) in [5.74, 6) is 0. The fourth-order valence-electron chi connectivity index (χ4n) is 1.01. The molecule has 1 nitrogen and oxygen atoms in total. The first-order valence-corrected chi connectivity index (χ1v) is 4.39. The Morgan fingerprint density at radius 1 is 1.38 bits per heavy atom. The van der Waals surface area contributed by atoms with Gasteiger partial charge in [0.2, 0.25) is 0 Å². The molecule has 0 saturated heterocycles. The van der Waals surface area contributed by atoms with Crippen molar-refractivity contribution in [1.82, 2.24) is 0 Å². The van der Waals surface area contributed by atoms with Gasteiger partial charge in [-0.3, -0.25) is 4.70 Å². The summed E-state index contributed by atoms with van der Waals surface area (Å²) in [6.07, 6.45) is 0. The Bertz CT molecular complexity index is 286. The number of ether oxygens (including phenoxy) is 1. The average Bonchev–Trinajstić information content (AvgIpc) is 2.05. The van der Waals surface area contributed by atoms with Crippen molar-refractivity contribution in [3.63, 3.8) is 0 Å². The Morgan fingerprint density at radius 3 is 2.54 bits per heavy atom. The van der Waals surface area contributed by atoms with Crippen molar-refractivity contribution in [2.24, 2.45) is 0 Å². The minimum absolute atomic E-state index is 0. The molecule has 0 saturated carbocycles. The van der Waals surface area contributed by atoms with Gasteiger partial charge in [0, 0.05) is 5.56 Å². The highest BCUT2D eigenvalue weighted by Crippen LogP contribution is 2.09. The number of aryl methyl sites for hydroxylation is 1. The predicted octanol–water partition coefficient (Wildman–Crippen LogP) is 2.86. The van der Waals surface area contributed by atoms with Gasteiger partial charge in [0.25, 0.3) is 0 Å². The Labute approximate surface area is 83.1 Å². The summed E-state index contributed by atoms with van der Waals surface area (Å²) in [5, 5.41) is 0.593. The summed E-state index contributed by atoms with van der Waals surface area (Å²) in [5.41, 5.74) is 2.19. The molecule has 0 heterocycles. The van der Waals surface area contributed by atoms with Crippen LogP contribution in [0, 0.1) is 6.92 Å². The summed E-state index contributed by atoms with van der Waals surface area (Å²) in [7, 11) is 0.